The zero-order valence-corrected chi connectivity index (χ0v) is 14.5. The Morgan fingerprint density at radius 1 is 1.15 bits per heavy atom. The van der Waals surface area contributed by atoms with E-state index < -0.39 is 0 Å². The first-order valence-electron chi connectivity index (χ1n) is 6.35. The van der Waals surface area contributed by atoms with Crippen LogP contribution in [0.4, 0.5) is 0 Å². The van der Waals surface area contributed by atoms with Gasteiger partial charge in [-0.3, -0.25) is 0 Å². The first kappa shape index (κ1) is 15.7. The number of benzene rings is 1. The number of hydrogen-bond acceptors (Lipinski definition) is 3. The summed E-state index contributed by atoms with van der Waals surface area (Å²) in [5.41, 5.74) is 1.88. The molecule has 1 aromatic heterocycles. The van der Waals surface area contributed by atoms with Gasteiger partial charge >= 0.3 is 0 Å². The second-order valence-electron chi connectivity index (χ2n) is 4.80. The zero-order valence-electron chi connectivity index (χ0n) is 11.6. The Labute approximate surface area is 137 Å². The molecule has 0 amide bonds. The fraction of sp³-hybridized carbons (Fsp3) is 0.333. The van der Waals surface area contributed by atoms with Crippen molar-refractivity contribution < 1.29 is 4.74 Å². The molecule has 0 aliphatic rings. The van der Waals surface area contributed by atoms with E-state index in [1.165, 1.54) is 0 Å². The highest BCUT2D eigenvalue weighted by atomic mass is 127. The highest BCUT2D eigenvalue weighted by molar-refractivity contribution is 14.1. The van der Waals surface area contributed by atoms with Crippen molar-refractivity contribution >= 4 is 34.2 Å². The minimum absolute atomic E-state index is 0.160. The number of aromatic nitrogens is 2. The molecule has 20 heavy (non-hydrogen) atoms. The molecule has 2 rings (SSSR count). The number of hydrogen-bond donors (Lipinski definition) is 0. The molecule has 0 radical (unpaired) electrons. The quantitative estimate of drug-likeness (QED) is 0.547. The summed E-state index contributed by atoms with van der Waals surface area (Å²) in [6.45, 7) is 4.15. The van der Waals surface area contributed by atoms with Crippen LogP contribution in [0.2, 0.25) is 5.15 Å². The molecule has 3 nitrogen and oxygen atoms in total. The van der Waals surface area contributed by atoms with Crippen LogP contribution in [0.25, 0.3) is 11.3 Å². The van der Waals surface area contributed by atoms with Gasteiger partial charge in [0.1, 0.15) is 11.3 Å². The summed E-state index contributed by atoms with van der Waals surface area (Å²) in [7, 11) is 1.67. The van der Waals surface area contributed by atoms with Gasteiger partial charge in [-0.2, -0.15) is 0 Å². The van der Waals surface area contributed by atoms with Gasteiger partial charge < -0.3 is 4.74 Å². The van der Waals surface area contributed by atoms with E-state index in [0.29, 0.717) is 11.0 Å². The predicted octanol–water partition coefficient (Wildman–Crippen LogP) is 4.75. The van der Waals surface area contributed by atoms with Gasteiger partial charge in [-0.25, -0.2) is 9.97 Å². The van der Waals surface area contributed by atoms with Crippen molar-refractivity contribution in [3.63, 3.8) is 0 Å². The number of nitrogens with zero attached hydrogens (tertiary/aromatic N) is 2. The summed E-state index contributed by atoms with van der Waals surface area (Å²) in [6, 6.07) is 9.98. The molecule has 0 aliphatic carbocycles. The highest BCUT2D eigenvalue weighted by Gasteiger charge is 2.21. The van der Waals surface area contributed by atoms with Gasteiger partial charge in [0, 0.05) is 12.7 Å². The summed E-state index contributed by atoms with van der Waals surface area (Å²) in [6.07, 6.45) is -0.160. The van der Waals surface area contributed by atoms with Crippen LogP contribution in [-0.2, 0) is 4.74 Å². The topological polar surface area (TPSA) is 35.0 Å². The Morgan fingerprint density at radius 2 is 1.80 bits per heavy atom. The van der Waals surface area contributed by atoms with Gasteiger partial charge in [-0.05, 0) is 28.5 Å². The van der Waals surface area contributed by atoms with Crippen LogP contribution in [0.15, 0.2) is 30.3 Å². The summed E-state index contributed by atoms with van der Waals surface area (Å²) in [4.78, 5) is 9.04. The van der Waals surface area contributed by atoms with Crippen LogP contribution in [-0.4, -0.2) is 17.1 Å². The van der Waals surface area contributed by atoms with Crippen LogP contribution >= 0.6 is 34.2 Å². The average Bonchev–Trinajstić information content (AvgIpc) is 2.43. The van der Waals surface area contributed by atoms with Crippen LogP contribution in [0, 0.1) is 9.49 Å². The molecule has 1 unspecified atom stereocenters. The van der Waals surface area contributed by atoms with E-state index in [1.807, 2.05) is 30.3 Å². The third kappa shape index (κ3) is 3.30. The van der Waals surface area contributed by atoms with E-state index in [4.69, 9.17) is 16.3 Å². The average molecular weight is 403 g/mol. The molecule has 0 N–H and O–H groups in total. The molecule has 5 heteroatoms. The Morgan fingerprint density at radius 3 is 2.35 bits per heavy atom. The second-order valence-corrected chi connectivity index (χ2v) is 6.24. The Hall–Kier alpha value is -0.720. The largest absolute Gasteiger partial charge is 0.373 e. The summed E-state index contributed by atoms with van der Waals surface area (Å²) in [5.74, 6) is 0.909. The van der Waals surface area contributed by atoms with Crippen LogP contribution in [0.1, 0.15) is 25.8 Å². The normalized spacial score (nSPS) is 12.7. The summed E-state index contributed by atoms with van der Waals surface area (Å²) in [5, 5.41) is 0.470. The molecule has 0 fully saturated rings. The number of ether oxygens (including phenoxy) is 1. The van der Waals surface area contributed by atoms with E-state index >= 15 is 0 Å². The number of rotatable bonds is 4. The second kappa shape index (κ2) is 6.83. The smallest absolute Gasteiger partial charge is 0.159 e. The lowest BCUT2D eigenvalue weighted by atomic mass is 10.1. The predicted molar refractivity (Wildman–Crippen MR) is 89.8 cm³/mol. The van der Waals surface area contributed by atoms with E-state index in [-0.39, 0.29) is 12.0 Å². The highest BCUT2D eigenvalue weighted by Crippen LogP contribution is 2.31. The third-order valence-electron chi connectivity index (χ3n) is 2.99. The SMILES string of the molecule is COC(c1nc(Cl)c(I)c(-c2ccccc2)n1)C(C)C. The van der Waals surface area contributed by atoms with E-state index in [0.717, 1.165) is 14.8 Å². The fourth-order valence-electron chi connectivity index (χ4n) is 2.03. The third-order valence-corrected chi connectivity index (χ3v) is 4.60. The van der Waals surface area contributed by atoms with Gasteiger partial charge in [0.05, 0.1) is 9.26 Å². The molecule has 0 saturated carbocycles. The van der Waals surface area contributed by atoms with Crippen molar-refractivity contribution in [2.75, 3.05) is 7.11 Å². The van der Waals surface area contributed by atoms with Crippen molar-refractivity contribution in [2.24, 2.45) is 5.92 Å². The minimum atomic E-state index is -0.160. The lowest BCUT2D eigenvalue weighted by Gasteiger charge is -2.19. The molecule has 0 spiro atoms. The van der Waals surface area contributed by atoms with E-state index in [9.17, 15) is 0 Å². The molecule has 106 valence electrons. The molecule has 0 saturated heterocycles. The molecular weight excluding hydrogens is 387 g/mol. The first-order chi connectivity index (χ1) is 9.54. The van der Waals surface area contributed by atoms with Crippen molar-refractivity contribution in [3.8, 4) is 11.3 Å². The summed E-state index contributed by atoms with van der Waals surface area (Å²) < 4.78 is 6.36. The maximum atomic E-state index is 6.26. The van der Waals surface area contributed by atoms with Crippen molar-refractivity contribution in [3.05, 3.63) is 44.9 Å². The maximum Gasteiger partial charge on any atom is 0.159 e. The van der Waals surface area contributed by atoms with E-state index in [1.54, 1.807) is 7.11 Å². The van der Waals surface area contributed by atoms with Gasteiger partial charge in [0.25, 0.3) is 0 Å². The Bertz CT molecular complexity index is 590. The van der Waals surface area contributed by atoms with Gasteiger partial charge in [-0.15, -0.1) is 0 Å². The van der Waals surface area contributed by atoms with Gasteiger partial charge in [-0.1, -0.05) is 55.8 Å². The standard InChI is InChI=1S/C15H16ClIN2O/c1-9(2)13(20-3)15-18-12(11(17)14(16)19-15)10-7-5-4-6-8-10/h4-9,13H,1-3H3. The lowest BCUT2D eigenvalue weighted by molar-refractivity contribution is 0.0575. The maximum absolute atomic E-state index is 6.26. The van der Waals surface area contributed by atoms with Crippen LogP contribution in [0.3, 0.4) is 0 Å². The van der Waals surface area contributed by atoms with Crippen molar-refractivity contribution in [1.82, 2.24) is 9.97 Å². The van der Waals surface area contributed by atoms with E-state index in [2.05, 4.69) is 46.4 Å². The Balaban J connectivity index is 2.56. The number of halogens is 2. The summed E-state index contributed by atoms with van der Waals surface area (Å²) >= 11 is 8.44. The molecular formula is C15H16ClIN2O. The first-order valence-corrected chi connectivity index (χ1v) is 7.81. The fourth-order valence-corrected chi connectivity index (χ4v) is 2.75. The monoisotopic (exact) mass is 402 g/mol. The van der Waals surface area contributed by atoms with Crippen LogP contribution < -0.4 is 0 Å². The van der Waals surface area contributed by atoms with Crippen LogP contribution in [0.5, 0.6) is 0 Å². The number of methoxy groups -OCH3 is 1. The zero-order chi connectivity index (χ0) is 14.7. The molecule has 0 aliphatic heterocycles. The van der Waals surface area contributed by atoms with Gasteiger partial charge in [0.2, 0.25) is 0 Å². The molecule has 1 aromatic carbocycles. The lowest BCUT2D eigenvalue weighted by Crippen LogP contribution is -2.14. The van der Waals surface area contributed by atoms with Crippen molar-refractivity contribution in [2.45, 2.75) is 20.0 Å². The molecule has 2 aromatic rings. The van der Waals surface area contributed by atoms with Gasteiger partial charge in [0.15, 0.2) is 5.82 Å². The van der Waals surface area contributed by atoms with Crippen molar-refractivity contribution in [1.29, 1.82) is 0 Å². The minimum Gasteiger partial charge on any atom is -0.373 e. The molecule has 1 atom stereocenters. The molecule has 0 bridgehead atoms. The molecule has 1 heterocycles. The Kier molecular flexibility index (Phi) is 5.35.